The second-order valence-corrected chi connectivity index (χ2v) is 5.79. The van der Waals surface area contributed by atoms with Gasteiger partial charge in [0.25, 0.3) is 0 Å². The van der Waals surface area contributed by atoms with E-state index in [1.807, 2.05) is 0 Å². The minimum Gasteiger partial charge on any atom is -0.480 e. The molecule has 0 radical (unpaired) electrons. The number of carbonyl (C=O) groups excluding carboxylic acids is 1. The van der Waals surface area contributed by atoms with Crippen LogP contribution in [0.15, 0.2) is 0 Å². The molecular formula is C11H18N2O3S. The largest absolute Gasteiger partial charge is 0.480 e. The molecule has 1 saturated heterocycles. The van der Waals surface area contributed by atoms with Crippen LogP contribution in [0.5, 0.6) is 0 Å². The zero-order valence-corrected chi connectivity index (χ0v) is 10.5. The van der Waals surface area contributed by atoms with Crippen molar-refractivity contribution in [2.45, 2.75) is 18.9 Å². The molecule has 0 spiro atoms. The van der Waals surface area contributed by atoms with Gasteiger partial charge in [0.2, 0.25) is 5.91 Å². The van der Waals surface area contributed by atoms with Crippen LogP contribution in [0.25, 0.3) is 0 Å². The lowest BCUT2D eigenvalue weighted by molar-refractivity contribution is -0.145. The molecule has 1 aliphatic heterocycles. The standard InChI is InChI=1S/C11H18N2O3S/c14-10(15)6-13(5-8-1-2-8)11(16)9-7-17-4-3-12-9/h8-9,12H,1-7H2,(H,14,15). The van der Waals surface area contributed by atoms with Gasteiger partial charge in [0.1, 0.15) is 6.54 Å². The Morgan fingerprint density at radius 3 is 2.71 bits per heavy atom. The highest BCUT2D eigenvalue weighted by Crippen LogP contribution is 2.30. The summed E-state index contributed by atoms with van der Waals surface area (Å²) in [6.45, 7) is 1.26. The number of thioether (sulfide) groups is 1. The second-order valence-electron chi connectivity index (χ2n) is 4.64. The number of aliphatic carboxylic acids is 1. The number of nitrogens with zero attached hydrogens (tertiary/aromatic N) is 1. The zero-order valence-electron chi connectivity index (χ0n) is 9.72. The minimum absolute atomic E-state index is 0.0495. The Kier molecular flexibility index (Phi) is 4.28. The molecule has 2 N–H and O–H groups in total. The average Bonchev–Trinajstić information content (AvgIpc) is 3.12. The molecule has 17 heavy (non-hydrogen) atoms. The maximum Gasteiger partial charge on any atom is 0.323 e. The number of nitrogens with one attached hydrogen (secondary N) is 1. The van der Waals surface area contributed by atoms with Gasteiger partial charge in [-0.05, 0) is 18.8 Å². The maximum atomic E-state index is 12.2. The molecule has 0 aromatic carbocycles. The number of carboxylic acids is 1. The highest BCUT2D eigenvalue weighted by molar-refractivity contribution is 7.99. The van der Waals surface area contributed by atoms with Crippen molar-refractivity contribution in [2.75, 3.05) is 31.1 Å². The normalized spacial score (nSPS) is 24.4. The first-order chi connectivity index (χ1) is 8.16. The summed E-state index contributed by atoms with van der Waals surface area (Å²) in [5, 5.41) is 12.0. The van der Waals surface area contributed by atoms with Gasteiger partial charge in [0.15, 0.2) is 0 Å². The number of hydrogen-bond acceptors (Lipinski definition) is 4. The molecule has 6 heteroatoms. The van der Waals surface area contributed by atoms with Gasteiger partial charge in [-0.25, -0.2) is 0 Å². The monoisotopic (exact) mass is 258 g/mol. The molecule has 5 nitrogen and oxygen atoms in total. The summed E-state index contributed by atoms with van der Waals surface area (Å²) < 4.78 is 0. The number of amides is 1. The smallest absolute Gasteiger partial charge is 0.323 e. The molecule has 1 heterocycles. The Balaban J connectivity index is 1.91. The third kappa shape index (κ3) is 3.89. The number of rotatable bonds is 5. The summed E-state index contributed by atoms with van der Waals surface area (Å²) in [6, 6.07) is -0.202. The molecule has 1 amide bonds. The summed E-state index contributed by atoms with van der Waals surface area (Å²) in [5.74, 6) is 1.31. The second kappa shape index (κ2) is 5.73. The van der Waals surface area contributed by atoms with E-state index >= 15 is 0 Å². The van der Waals surface area contributed by atoms with Crippen molar-refractivity contribution in [3.05, 3.63) is 0 Å². The lowest BCUT2D eigenvalue weighted by atomic mass is 10.2. The first-order valence-electron chi connectivity index (χ1n) is 5.98. The first-order valence-corrected chi connectivity index (χ1v) is 7.14. The molecule has 1 saturated carbocycles. The molecule has 0 bridgehead atoms. The van der Waals surface area contributed by atoms with Crippen LogP contribution in [0.4, 0.5) is 0 Å². The quantitative estimate of drug-likeness (QED) is 0.727. The van der Waals surface area contributed by atoms with Crippen LogP contribution < -0.4 is 5.32 Å². The Hall–Kier alpha value is -0.750. The van der Waals surface area contributed by atoms with Crippen LogP contribution in [-0.4, -0.2) is 59.1 Å². The van der Waals surface area contributed by atoms with Gasteiger partial charge in [-0.2, -0.15) is 11.8 Å². The van der Waals surface area contributed by atoms with Crippen molar-refractivity contribution in [3.8, 4) is 0 Å². The van der Waals surface area contributed by atoms with E-state index in [-0.39, 0.29) is 18.5 Å². The van der Waals surface area contributed by atoms with Crippen LogP contribution in [-0.2, 0) is 9.59 Å². The minimum atomic E-state index is -0.928. The summed E-state index contributed by atoms with van der Waals surface area (Å²) >= 11 is 1.74. The number of hydrogen-bond donors (Lipinski definition) is 2. The molecule has 2 rings (SSSR count). The molecular weight excluding hydrogens is 240 g/mol. The van der Waals surface area contributed by atoms with E-state index in [4.69, 9.17) is 5.11 Å². The fourth-order valence-corrected chi connectivity index (χ4v) is 2.88. The zero-order chi connectivity index (χ0) is 12.3. The van der Waals surface area contributed by atoms with Gasteiger partial charge in [-0.1, -0.05) is 0 Å². The van der Waals surface area contributed by atoms with E-state index in [2.05, 4.69) is 5.32 Å². The Morgan fingerprint density at radius 1 is 1.41 bits per heavy atom. The summed E-state index contributed by atoms with van der Waals surface area (Å²) in [5.41, 5.74) is 0. The van der Waals surface area contributed by atoms with Gasteiger partial charge in [-0.3, -0.25) is 9.59 Å². The van der Waals surface area contributed by atoms with Crippen LogP contribution in [0.1, 0.15) is 12.8 Å². The van der Waals surface area contributed by atoms with Crippen molar-refractivity contribution >= 4 is 23.6 Å². The summed E-state index contributed by atoms with van der Waals surface area (Å²) in [7, 11) is 0. The predicted octanol–water partition coefficient (Wildman–Crippen LogP) is 0.0146. The van der Waals surface area contributed by atoms with E-state index in [1.54, 1.807) is 11.8 Å². The molecule has 1 atom stereocenters. The Morgan fingerprint density at radius 2 is 2.18 bits per heavy atom. The predicted molar refractivity (Wildman–Crippen MR) is 66.1 cm³/mol. The van der Waals surface area contributed by atoms with E-state index in [1.165, 1.54) is 4.90 Å². The van der Waals surface area contributed by atoms with Crippen molar-refractivity contribution < 1.29 is 14.7 Å². The van der Waals surface area contributed by atoms with Gasteiger partial charge >= 0.3 is 5.97 Å². The molecule has 96 valence electrons. The average molecular weight is 258 g/mol. The van der Waals surface area contributed by atoms with Crippen LogP contribution in [0.3, 0.4) is 0 Å². The summed E-state index contributed by atoms with van der Waals surface area (Å²) in [4.78, 5) is 24.5. The van der Waals surface area contributed by atoms with Gasteiger partial charge in [-0.15, -0.1) is 0 Å². The van der Waals surface area contributed by atoms with Crippen LogP contribution in [0, 0.1) is 5.92 Å². The van der Waals surface area contributed by atoms with Crippen molar-refractivity contribution in [1.82, 2.24) is 10.2 Å². The van der Waals surface area contributed by atoms with E-state index in [0.717, 1.165) is 30.9 Å². The van der Waals surface area contributed by atoms with E-state index in [0.29, 0.717) is 12.5 Å². The van der Waals surface area contributed by atoms with Gasteiger partial charge < -0.3 is 15.3 Å². The highest BCUT2D eigenvalue weighted by atomic mass is 32.2. The first kappa shape index (κ1) is 12.7. The van der Waals surface area contributed by atoms with Crippen molar-refractivity contribution in [1.29, 1.82) is 0 Å². The van der Waals surface area contributed by atoms with Crippen molar-refractivity contribution in [2.24, 2.45) is 5.92 Å². The Labute approximate surface area is 105 Å². The van der Waals surface area contributed by atoms with Gasteiger partial charge in [0, 0.05) is 24.6 Å². The molecule has 2 aliphatic rings. The lowest BCUT2D eigenvalue weighted by Crippen LogP contribution is -2.52. The SMILES string of the molecule is O=C(O)CN(CC1CC1)C(=O)C1CSCCN1. The fraction of sp³-hybridized carbons (Fsp3) is 0.818. The van der Waals surface area contributed by atoms with Crippen LogP contribution >= 0.6 is 11.8 Å². The molecule has 0 aromatic rings. The molecule has 0 aromatic heterocycles. The number of carboxylic acid groups (broad SMARTS) is 1. The molecule has 1 unspecified atom stereocenters. The van der Waals surface area contributed by atoms with Crippen LogP contribution in [0.2, 0.25) is 0 Å². The van der Waals surface area contributed by atoms with E-state index in [9.17, 15) is 9.59 Å². The van der Waals surface area contributed by atoms with Gasteiger partial charge in [0.05, 0.1) is 6.04 Å². The Bertz CT molecular complexity index is 301. The summed E-state index contributed by atoms with van der Waals surface area (Å²) in [6.07, 6.45) is 2.24. The van der Waals surface area contributed by atoms with E-state index < -0.39 is 5.97 Å². The topological polar surface area (TPSA) is 69.6 Å². The highest BCUT2D eigenvalue weighted by Gasteiger charge is 2.32. The third-order valence-electron chi connectivity index (χ3n) is 3.03. The van der Waals surface area contributed by atoms with Crippen molar-refractivity contribution in [3.63, 3.8) is 0 Å². The lowest BCUT2D eigenvalue weighted by Gasteiger charge is -2.28. The fourth-order valence-electron chi connectivity index (χ4n) is 1.95. The number of carbonyl (C=O) groups is 2. The molecule has 2 fully saturated rings. The molecule has 1 aliphatic carbocycles. The third-order valence-corrected chi connectivity index (χ3v) is 4.09. The maximum absolute atomic E-state index is 12.2.